The summed E-state index contributed by atoms with van der Waals surface area (Å²) in [5, 5.41) is 11.9. The fourth-order valence-electron chi connectivity index (χ4n) is 3.73. The molecule has 0 radical (unpaired) electrons. The number of amides is 1. The van der Waals surface area contributed by atoms with E-state index in [1.807, 2.05) is 24.3 Å². The lowest BCUT2D eigenvalue weighted by Gasteiger charge is -2.11. The van der Waals surface area contributed by atoms with Crippen LogP contribution in [0.3, 0.4) is 0 Å². The van der Waals surface area contributed by atoms with Gasteiger partial charge in [0, 0.05) is 41.0 Å². The Morgan fingerprint density at radius 3 is 2.81 bits per heavy atom. The Balaban J connectivity index is 1.83. The van der Waals surface area contributed by atoms with Gasteiger partial charge in [0.05, 0.1) is 5.57 Å². The molecule has 0 atom stereocenters. The van der Waals surface area contributed by atoms with Gasteiger partial charge in [-0.3, -0.25) is 14.4 Å². The first-order chi connectivity index (χ1) is 12.5. The lowest BCUT2D eigenvalue weighted by molar-refractivity contribution is -0.137. The Bertz CT molecular complexity index is 968. The Kier molecular flexibility index (Phi) is 3.95. The van der Waals surface area contributed by atoms with Crippen LogP contribution in [0.1, 0.15) is 52.1 Å². The molecule has 1 aliphatic carbocycles. The Morgan fingerprint density at radius 1 is 1.19 bits per heavy atom. The van der Waals surface area contributed by atoms with Gasteiger partial charge in [0.15, 0.2) is 5.78 Å². The number of nitrogens with one attached hydrogen (secondary N) is 2. The molecule has 1 aromatic heterocycles. The first kappa shape index (κ1) is 16.3. The van der Waals surface area contributed by atoms with Crippen molar-refractivity contribution in [1.29, 1.82) is 0 Å². The highest BCUT2D eigenvalue weighted by atomic mass is 16.4. The fourth-order valence-corrected chi connectivity index (χ4v) is 3.73. The van der Waals surface area contributed by atoms with Crippen LogP contribution >= 0.6 is 0 Å². The molecular formula is C20H18N2O4. The van der Waals surface area contributed by atoms with Crippen LogP contribution in [0.25, 0.3) is 11.6 Å². The largest absolute Gasteiger partial charge is 0.481 e. The highest BCUT2D eigenvalue weighted by Crippen LogP contribution is 2.35. The number of hydrogen-bond donors (Lipinski definition) is 3. The number of Topliss-reactive ketones (excluding diaryl/α,β-unsaturated/α-hetero) is 1. The number of carbonyl (C=O) groups excluding carboxylic acids is 2. The molecule has 0 unspecified atom stereocenters. The maximum Gasteiger partial charge on any atom is 0.303 e. The van der Waals surface area contributed by atoms with E-state index in [9.17, 15) is 14.4 Å². The minimum absolute atomic E-state index is 0.0452. The molecule has 132 valence electrons. The number of fused-ring (bicyclic) bond motifs is 2. The lowest BCUT2D eigenvalue weighted by atomic mass is 9.91. The van der Waals surface area contributed by atoms with Gasteiger partial charge >= 0.3 is 5.97 Å². The van der Waals surface area contributed by atoms with Crippen molar-refractivity contribution in [3.05, 3.63) is 52.3 Å². The van der Waals surface area contributed by atoms with Crippen molar-refractivity contribution in [3.8, 4) is 0 Å². The standard InChI is InChI=1S/C20H18N2O4/c23-17-7-3-6-15-19(17)12(8-9-18(24)25)16(21-15)10-13-11-4-1-2-5-14(11)22-20(13)26/h1-2,4-5,10,21H,3,6-9H2,(H,22,26)(H,24,25)/b13-10-. The van der Waals surface area contributed by atoms with Crippen LogP contribution in [-0.4, -0.2) is 27.8 Å². The third kappa shape index (κ3) is 2.73. The number of H-pyrrole nitrogens is 1. The third-order valence-corrected chi connectivity index (χ3v) is 4.91. The molecule has 2 heterocycles. The minimum Gasteiger partial charge on any atom is -0.481 e. The van der Waals surface area contributed by atoms with E-state index in [0.717, 1.165) is 29.8 Å². The number of benzene rings is 1. The van der Waals surface area contributed by atoms with E-state index < -0.39 is 5.97 Å². The molecule has 0 saturated carbocycles. The molecule has 2 aromatic rings. The molecule has 26 heavy (non-hydrogen) atoms. The lowest BCUT2D eigenvalue weighted by Crippen LogP contribution is -2.11. The van der Waals surface area contributed by atoms with Crippen LogP contribution < -0.4 is 5.32 Å². The van der Waals surface area contributed by atoms with E-state index in [2.05, 4.69) is 10.3 Å². The molecule has 4 rings (SSSR count). The highest BCUT2D eigenvalue weighted by molar-refractivity contribution is 6.34. The summed E-state index contributed by atoms with van der Waals surface area (Å²) in [7, 11) is 0. The maximum atomic E-state index is 12.4. The number of hydrogen-bond acceptors (Lipinski definition) is 3. The summed E-state index contributed by atoms with van der Waals surface area (Å²) in [6.45, 7) is 0. The van der Waals surface area contributed by atoms with Crippen LogP contribution in [0.5, 0.6) is 0 Å². The summed E-state index contributed by atoms with van der Waals surface area (Å²) >= 11 is 0. The monoisotopic (exact) mass is 350 g/mol. The molecule has 0 saturated heterocycles. The molecule has 0 fully saturated rings. The molecule has 6 nitrogen and oxygen atoms in total. The third-order valence-electron chi connectivity index (χ3n) is 4.91. The second-order valence-electron chi connectivity index (χ2n) is 6.60. The van der Waals surface area contributed by atoms with Crippen molar-refractivity contribution >= 4 is 35.0 Å². The zero-order chi connectivity index (χ0) is 18.3. The van der Waals surface area contributed by atoms with Gasteiger partial charge in [-0.1, -0.05) is 18.2 Å². The quantitative estimate of drug-likeness (QED) is 0.738. The maximum absolute atomic E-state index is 12.4. The van der Waals surface area contributed by atoms with Crippen LogP contribution in [0.4, 0.5) is 5.69 Å². The number of anilines is 1. The molecule has 1 aliphatic heterocycles. The van der Waals surface area contributed by atoms with Crippen molar-refractivity contribution in [2.45, 2.75) is 32.1 Å². The topological polar surface area (TPSA) is 99.3 Å². The predicted octanol–water partition coefficient (Wildman–Crippen LogP) is 3.04. The molecule has 3 N–H and O–H groups in total. The number of ketones is 1. The smallest absolute Gasteiger partial charge is 0.303 e. The van der Waals surface area contributed by atoms with E-state index >= 15 is 0 Å². The van der Waals surface area contributed by atoms with Gasteiger partial charge in [0.2, 0.25) is 0 Å². The zero-order valence-corrected chi connectivity index (χ0v) is 14.1. The first-order valence-corrected chi connectivity index (χ1v) is 8.65. The number of para-hydroxylation sites is 1. The van der Waals surface area contributed by atoms with Gasteiger partial charge in [-0.05, 0) is 37.0 Å². The van der Waals surface area contributed by atoms with Crippen LogP contribution in [0.15, 0.2) is 24.3 Å². The van der Waals surface area contributed by atoms with Gasteiger partial charge in [-0.15, -0.1) is 0 Å². The average molecular weight is 350 g/mol. The number of carbonyl (C=O) groups is 3. The van der Waals surface area contributed by atoms with Gasteiger partial charge in [-0.2, -0.15) is 0 Å². The van der Waals surface area contributed by atoms with Crippen LogP contribution in [0, 0.1) is 0 Å². The number of carboxylic acid groups (broad SMARTS) is 1. The summed E-state index contributed by atoms with van der Waals surface area (Å²) in [6, 6.07) is 7.42. The normalized spacial score (nSPS) is 17.2. The van der Waals surface area contributed by atoms with E-state index in [0.29, 0.717) is 28.8 Å². The molecule has 6 heteroatoms. The Hall–Kier alpha value is -3.15. The SMILES string of the molecule is O=C(O)CCc1c(/C=C2\C(=O)Nc3ccccc32)[nH]c2c1C(=O)CCC2. The minimum atomic E-state index is -0.911. The number of rotatable bonds is 4. The van der Waals surface area contributed by atoms with Crippen LogP contribution in [-0.2, 0) is 22.4 Å². The van der Waals surface area contributed by atoms with Crippen molar-refractivity contribution in [2.75, 3.05) is 5.32 Å². The van der Waals surface area contributed by atoms with Crippen molar-refractivity contribution in [1.82, 2.24) is 4.98 Å². The Labute approximate surface area is 149 Å². The van der Waals surface area contributed by atoms with Crippen molar-refractivity contribution < 1.29 is 19.5 Å². The molecule has 1 aromatic carbocycles. The summed E-state index contributed by atoms with van der Waals surface area (Å²) in [6.07, 6.45) is 3.96. The fraction of sp³-hybridized carbons (Fsp3) is 0.250. The summed E-state index contributed by atoms with van der Waals surface area (Å²) in [4.78, 5) is 39.1. The number of aromatic amines is 1. The number of aliphatic carboxylic acids is 1. The van der Waals surface area contributed by atoms with Crippen molar-refractivity contribution in [3.63, 3.8) is 0 Å². The van der Waals surface area contributed by atoms with E-state index in [1.54, 1.807) is 6.08 Å². The molecule has 0 bridgehead atoms. The zero-order valence-electron chi connectivity index (χ0n) is 14.1. The number of aromatic nitrogens is 1. The van der Waals surface area contributed by atoms with Crippen molar-refractivity contribution in [2.24, 2.45) is 0 Å². The highest BCUT2D eigenvalue weighted by Gasteiger charge is 2.28. The van der Waals surface area contributed by atoms with Gasteiger partial charge < -0.3 is 15.4 Å². The second-order valence-corrected chi connectivity index (χ2v) is 6.60. The summed E-state index contributed by atoms with van der Waals surface area (Å²) < 4.78 is 0. The molecule has 1 amide bonds. The summed E-state index contributed by atoms with van der Waals surface area (Å²) in [5.74, 6) is -1.07. The number of carboxylic acids is 1. The first-order valence-electron chi connectivity index (χ1n) is 8.65. The predicted molar refractivity (Wildman–Crippen MR) is 97.0 cm³/mol. The van der Waals surface area contributed by atoms with Crippen LogP contribution in [0.2, 0.25) is 0 Å². The second kappa shape index (κ2) is 6.29. The van der Waals surface area contributed by atoms with Gasteiger partial charge in [0.25, 0.3) is 5.91 Å². The van der Waals surface area contributed by atoms with E-state index in [4.69, 9.17) is 5.11 Å². The average Bonchev–Trinajstić information content (AvgIpc) is 3.12. The van der Waals surface area contributed by atoms with E-state index in [-0.39, 0.29) is 24.5 Å². The number of aryl methyl sites for hydroxylation is 1. The molecule has 0 spiro atoms. The molecular weight excluding hydrogens is 332 g/mol. The Morgan fingerprint density at radius 2 is 2.00 bits per heavy atom. The summed E-state index contributed by atoms with van der Waals surface area (Å²) in [5.41, 5.74) is 4.91. The van der Waals surface area contributed by atoms with Gasteiger partial charge in [0.1, 0.15) is 0 Å². The molecule has 2 aliphatic rings. The van der Waals surface area contributed by atoms with E-state index in [1.165, 1.54) is 0 Å². The van der Waals surface area contributed by atoms with Gasteiger partial charge in [-0.25, -0.2) is 0 Å².